The molecule has 1 aliphatic heterocycles. The van der Waals surface area contributed by atoms with Crippen molar-refractivity contribution in [3.05, 3.63) is 41.6 Å². The van der Waals surface area contributed by atoms with Crippen molar-refractivity contribution in [2.75, 3.05) is 36.5 Å². The molecule has 1 aliphatic rings. The van der Waals surface area contributed by atoms with Crippen LogP contribution in [0.1, 0.15) is 18.2 Å². The van der Waals surface area contributed by atoms with E-state index in [9.17, 15) is 0 Å². The Balaban J connectivity index is 1.79. The zero-order chi connectivity index (χ0) is 15.4. The zero-order valence-corrected chi connectivity index (χ0v) is 13.2. The van der Waals surface area contributed by atoms with E-state index in [0.29, 0.717) is 0 Å². The molecule has 1 aromatic heterocycles. The van der Waals surface area contributed by atoms with Crippen molar-refractivity contribution in [2.24, 2.45) is 0 Å². The molecule has 3 rings (SSSR count). The van der Waals surface area contributed by atoms with E-state index in [0.717, 1.165) is 55.9 Å². The van der Waals surface area contributed by atoms with E-state index in [2.05, 4.69) is 51.4 Å². The van der Waals surface area contributed by atoms with Crippen molar-refractivity contribution in [3.63, 3.8) is 0 Å². The number of benzene rings is 1. The highest BCUT2D eigenvalue weighted by Gasteiger charge is 2.15. The molecule has 0 atom stereocenters. The van der Waals surface area contributed by atoms with Gasteiger partial charge >= 0.3 is 0 Å². The number of anilines is 3. The summed E-state index contributed by atoms with van der Waals surface area (Å²) in [6.45, 7) is 7.31. The van der Waals surface area contributed by atoms with Gasteiger partial charge in [-0.2, -0.15) is 4.98 Å². The topological polar surface area (TPSA) is 50.3 Å². The predicted octanol–water partition coefficient (Wildman–Crippen LogP) is 2.93. The number of aryl methyl sites for hydroxylation is 2. The number of nitrogens with one attached hydrogen (secondary N) is 1. The molecule has 2 heterocycles. The molecular weight excluding hydrogens is 276 g/mol. The second-order valence-corrected chi connectivity index (χ2v) is 5.47. The van der Waals surface area contributed by atoms with Crippen LogP contribution in [-0.4, -0.2) is 36.3 Å². The standard InChI is InChI=1S/C17H22N4O/c1-3-14-4-6-15(7-5-14)19-16-12-13(2)18-17(20-16)21-8-10-22-11-9-21/h4-7,12H,3,8-11H2,1-2H3,(H,18,19,20). The lowest BCUT2D eigenvalue weighted by Crippen LogP contribution is -2.37. The average Bonchev–Trinajstić information content (AvgIpc) is 2.56. The first-order chi connectivity index (χ1) is 10.7. The number of rotatable bonds is 4. The number of aromatic nitrogens is 2. The number of ether oxygens (including phenoxy) is 1. The average molecular weight is 298 g/mol. The Hall–Kier alpha value is -2.14. The third kappa shape index (κ3) is 3.54. The summed E-state index contributed by atoms with van der Waals surface area (Å²) in [6.07, 6.45) is 1.05. The summed E-state index contributed by atoms with van der Waals surface area (Å²) in [5.41, 5.74) is 3.34. The first kappa shape index (κ1) is 14.8. The monoisotopic (exact) mass is 298 g/mol. The smallest absolute Gasteiger partial charge is 0.227 e. The lowest BCUT2D eigenvalue weighted by atomic mass is 10.1. The second-order valence-electron chi connectivity index (χ2n) is 5.47. The molecule has 1 fully saturated rings. The molecule has 5 nitrogen and oxygen atoms in total. The first-order valence-electron chi connectivity index (χ1n) is 7.79. The molecule has 0 bridgehead atoms. The van der Waals surface area contributed by atoms with Crippen molar-refractivity contribution < 1.29 is 4.74 Å². The lowest BCUT2D eigenvalue weighted by molar-refractivity contribution is 0.122. The van der Waals surface area contributed by atoms with Crippen molar-refractivity contribution >= 4 is 17.5 Å². The van der Waals surface area contributed by atoms with Gasteiger partial charge in [-0.05, 0) is 31.0 Å². The third-order valence-electron chi connectivity index (χ3n) is 3.77. The third-order valence-corrected chi connectivity index (χ3v) is 3.77. The Labute approximate surface area is 131 Å². The van der Waals surface area contributed by atoms with Gasteiger partial charge in [-0.25, -0.2) is 4.98 Å². The Bertz CT molecular complexity index is 621. The summed E-state index contributed by atoms with van der Waals surface area (Å²) >= 11 is 0. The van der Waals surface area contributed by atoms with Gasteiger partial charge in [-0.15, -0.1) is 0 Å². The molecular formula is C17H22N4O. The fourth-order valence-electron chi connectivity index (χ4n) is 2.49. The molecule has 22 heavy (non-hydrogen) atoms. The van der Waals surface area contributed by atoms with Crippen LogP contribution in [0.4, 0.5) is 17.5 Å². The van der Waals surface area contributed by atoms with Crippen molar-refractivity contribution in [3.8, 4) is 0 Å². The molecule has 0 saturated carbocycles. The summed E-state index contributed by atoms with van der Waals surface area (Å²) < 4.78 is 5.39. The highest BCUT2D eigenvalue weighted by atomic mass is 16.5. The quantitative estimate of drug-likeness (QED) is 0.940. The Kier molecular flexibility index (Phi) is 4.53. The van der Waals surface area contributed by atoms with Crippen LogP contribution >= 0.6 is 0 Å². The van der Waals surface area contributed by atoms with E-state index in [1.807, 2.05) is 13.0 Å². The van der Waals surface area contributed by atoms with Gasteiger partial charge in [-0.3, -0.25) is 0 Å². The number of hydrogen-bond acceptors (Lipinski definition) is 5. The summed E-state index contributed by atoms with van der Waals surface area (Å²) in [6, 6.07) is 10.4. The summed E-state index contributed by atoms with van der Waals surface area (Å²) in [5.74, 6) is 1.61. The van der Waals surface area contributed by atoms with Crippen molar-refractivity contribution in [1.29, 1.82) is 0 Å². The van der Waals surface area contributed by atoms with Gasteiger partial charge in [0.2, 0.25) is 5.95 Å². The lowest BCUT2D eigenvalue weighted by Gasteiger charge is -2.27. The van der Waals surface area contributed by atoms with Gasteiger partial charge in [0.15, 0.2) is 0 Å². The maximum absolute atomic E-state index is 5.39. The van der Waals surface area contributed by atoms with Crippen LogP contribution in [0.2, 0.25) is 0 Å². The molecule has 1 saturated heterocycles. The Morgan fingerprint density at radius 2 is 1.86 bits per heavy atom. The molecule has 0 radical (unpaired) electrons. The first-order valence-corrected chi connectivity index (χ1v) is 7.79. The van der Waals surface area contributed by atoms with Crippen LogP contribution in [0.5, 0.6) is 0 Å². The van der Waals surface area contributed by atoms with Crippen molar-refractivity contribution in [2.45, 2.75) is 20.3 Å². The number of nitrogens with zero attached hydrogens (tertiary/aromatic N) is 3. The minimum absolute atomic E-state index is 0.735. The van der Waals surface area contributed by atoms with Crippen molar-refractivity contribution in [1.82, 2.24) is 9.97 Å². The SMILES string of the molecule is CCc1ccc(Nc2cc(C)nc(N3CCOCC3)n2)cc1. The second kappa shape index (κ2) is 6.75. The van der Waals surface area contributed by atoms with E-state index in [-0.39, 0.29) is 0 Å². The van der Waals surface area contributed by atoms with Crippen LogP contribution in [0, 0.1) is 6.92 Å². The highest BCUT2D eigenvalue weighted by Crippen LogP contribution is 2.19. The van der Waals surface area contributed by atoms with Crippen LogP contribution in [0.25, 0.3) is 0 Å². The Morgan fingerprint density at radius 1 is 1.14 bits per heavy atom. The van der Waals surface area contributed by atoms with Gasteiger partial charge in [-0.1, -0.05) is 19.1 Å². The normalized spacial score (nSPS) is 14.9. The minimum Gasteiger partial charge on any atom is -0.378 e. The molecule has 0 amide bonds. The summed E-state index contributed by atoms with van der Waals surface area (Å²) in [5, 5.41) is 3.37. The fraction of sp³-hybridized carbons (Fsp3) is 0.412. The highest BCUT2D eigenvalue weighted by molar-refractivity contribution is 5.58. The van der Waals surface area contributed by atoms with E-state index < -0.39 is 0 Å². The van der Waals surface area contributed by atoms with Crippen LogP contribution in [0.3, 0.4) is 0 Å². The molecule has 116 valence electrons. The van der Waals surface area contributed by atoms with Gasteiger partial charge in [0.25, 0.3) is 0 Å². The van der Waals surface area contributed by atoms with Crippen LogP contribution in [0.15, 0.2) is 30.3 Å². The Morgan fingerprint density at radius 3 is 2.55 bits per heavy atom. The van der Waals surface area contributed by atoms with Crippen LogP contribution < -0.4 is 10.2 Å². The molecule has 1 N–H and O–H groups in total. The molecule has 5 heteroatoms. The predicted molar refractivity (Wildman–Crippen MR) is 88.9 cm³/mol. The summed E-state index contributed by atoms with van der Waals surface area (Å²) in [7, 11) is 0. The molecule has 0 spiro atoms. The molecule has 2 aromatic rings. The molecule has 0 aliphatic carbocycles. The number of morpholine rings is 1. The molecule has 1 aromatic carbocycles. The van der Waals surface area contributed by atoms with Gasteiger partial charge < -0.3 is 15.0 Å². The van der Waals surface area contributed by atoms with E-state index in [4.69, 9.17) is 4.74 Å². The van der Waals surface area contributed by atoms with E-state index >= 15 is 0 Å². The van der Waals surface area contributed by atoms with Gasteiger partial charge in [0.05, 0.1) is 13.2 Å². The fourth-order valence-corrected chi connectivity index (χ4v) is 2.49. The zero-order valence-electron chi connectivity index (χ0n) is 13.2. The maximum atomic E-state index is 5.39. The van der Waals surface area contributed by atoms with Gasteiger partial charge in [0, 0.05) is 30.5 Å². The van der Waals surface area contributed by atoms with E-state index in [1.54, 1.807) is 0 Å². The minimum atomic E-state index is 0.735. The summed E-state index contributed by atoms with van der Waals surface area (Å²) in [4.78, 5) is 11.4. The number of hydrogen-bond donors (Lipinski definition) is 1. The van der Waals surface area contributed by atoms with Crippen LogP contribution in [-0.2, 0) is 11.2 Å². The largest absolute Gasteiger partial charge is 0.378 e. The van der Waals surface area contributed by atoms with Gasteiger partial charge in [0.1, 0.15) is 5.82 Å². The molecule has 0 unspecified atom stereocenters. The van der Waals surface area contributed by atoms with E-state index in [1.165, 1.54) is 5.56 Å². The maximum Gasteiger partial charge on any atom is 0.227 e.